The van der Waals surface area contributed by atoms with Gasteiger partial charge in [-0.1, -0.05) is 20.3 Å². The molecular formula is C13H27NOS. The van der Waals surface area contributed by atoms with Crippen LogP contribution in [0.25, 0.3) is 0 Å². The van der Waals surface area contributed by atoms with E-state index >= 15 is 0 Å². The van der Waals surface area contributed by atoms with Crippen LogP contribution in [0.4, 0.5) is 0 Å². The minimum atomic E-state index is 0.312. The van der Waals surface area contributed by atoms with Crippen molar-refractivity contribution in [1.82, 2.24) is 5.32 Å². The van der Waals surface area contributed by atoms with Crippen LogP contribution in [0.5, 0.6) is 0 Å². The molecule has 96 valence electrons. The van der Waals surface area contributed by atoms with Crippen LogP contribution in [0.3, 0.4) is 0 Å². The first-order valence-electron chi connectivity index (χ1n) is 6.73. The van der Waals surface area contributed by atoms with Gasteiger partial charge in [0.05, 0.1) is 6.61 Å². The first-order valence-corrected chi connectivity index (χ1v) is 7.78. The van der Waals surface area contributed by atoms with Crippen molar-refractivity contribution in [3.05, 3.63) is 0 Å². The molecule has 3 atom stereocenters. The maximum atomic E-state index is 8.96. The molecule has 0 bridgehead atoms. The van der Waals surface area contributed by atoms with Gasteiger partial charge in [0.2, 0.25) is 0 Å². The second-order valence-corrected chi connectivity index (χ2v) is 6.45. The monoisotopic (exact) mass is 245 g/mol. The van der Waals surface area contributed by atoms with E-state index in [0.29, 0.717) is 11.9 Å². The van der Waals surface area contributed by atoms with Crippen molar-refractivity contribution in [3.63, 3.8) is 0 Å². The third kappa shape index (κ3) is 5.07. The van der Waals surface area contributed by atoms with Crippen LogP contribution >= 0.6 is 11.8 Å². The highest BCUT2D eigenvalue weighted by Crippen LogP contribution is 2.30. The highest BCUT2D eigenvalue weighted by Gasteiger charge is 2.25. The number of hydrogen-bond acceptors (Lipinski definition) is 3. The molecule has 0 saturated heterocycles. The van der Waals surface area contributed by atoms with Gasteiger partial charge in [-0.3, -0.25) is 0 Å². The topological polar surface area (TPSA) is 32.3 Å². The van der Waals surface area contributed by atoms with Crippen molar-refractivity contribution in [2.24, 2.45) is 5.92 Å². The lowest BCUT2D eigenvalue weighted by Crippen LogP contribution is -2.33. The summed E-state index contributed by atoms with van der Waals surface area (Å²) in [6, 6.07) is 0.769. The van der Waals surface area contributed by atoms with E-state index < -0.39 is 0 Å². The van der Waals surface area contributed by atoms with Gasteiger partial charge >= 0.3 is 0 Å². The quantitative estimate of drug-likeness (QED) is 0.689. The summed E-state index contributed by atoms with van der Waals surface area (Å²) in [7, 11) is 0. The molecule has 16 heavy (non-hydrogen) atoms. The Balaban J connectivity index is 2.14. The van der Waals surface area contributed by atoms with Gasteiger partial charge in [0, 0.05) is 11.3 Å². The summed E-state index contributed by atoms with van der Waals surface area (Å²) in [6.07, 6.45) is 6.71. The second-order valence-electron chi connectivity index (χ2n) is 4.90. The third-order valence-corrected chi connectivity index (χ3v) is 4.65. The van der Waals surface area contributed by atoms with Crippen LogP contribution in [0.1, 0.15) is 46.0 Å². The maximum Gasteiger partial charge on any atom is 0.0547 e. The lowest BCUT2D eigenvalue weighted by molar-refractivity contribution is 0.300. The SMILES string of the molecule is CCCNC1CCCC1CCSC(C)CO. The highest BCUT2D eigenvalue weighted by atomic mass is 32.2. The van der Waals surface area contributed by atoms with E-state index in [2.05, 4.69) is 19.2 Å². The van der Waals surface area contributed by atoms with Gasteiger partial charge < -0.3 is 10.4 Å². The molecule has 0 heterocycles. The lowest BCUT2D eigenvalue weighted by atomic mass is 10.0. The average Bonchev–Trinajstić information content (AvgIpc) is 2.73. The summed E-state index contributed by atoms with van der Waals surface area (Å²) in [4.78, 5) is 0. The molecule has 3 heteroatoms. The number of hydrogen-bond donors (Lipinski definition) is 2. The van der Waals surface area contributed by atoms with Crippen LogP contribution in [0.15, 0.2) is 0 Å². The minimum Gasteiger partial charge on any atom is -0.395 e. The van der Waals surface area contributed by atoms with Crippen molar-refractivity contribution in [2.45, 2.75) is 57.2 Å². The van der Waals surface area contributed by atoms with Crippen LogP contribution in [-0.2, 0) is 0 Å². The first-order chi connectivity index (χ1) is 7.77. The smallest absolute Gasteiger partial charge is 0.0547 e. The van der Waals surface area contributed by atoms with Gasteiger partial charge in [0.25, 0.3) is 0 Å². The molecule has 1 fully saturated rings. The predicted molar refractivity (Wildman–Crippen MR) is 73.0 cm³/mol. The fourth-order valence-corrected chi connectivity index (χ4v) is 3.40. The van der Waals surface area contributed by atoms with Gasteiger partial charge in [0.1, 0.15) is 0 Å². The number of thioether (sulfide) groups is 1. The van der Waals surface area contributed by atoms with Crippen molar-refractivity contribution in [2.75, 3.05) is 18.9 Å². The van der Waals surface area contributed by atoms with Crippen LogP contribution in [-0.4, -0.2) is 35.3 Å². The van der Waals surface area contributed by atoms with Crippen molar-refractivity contribution < 1.29 is 5.11 Å². The van der Waals surface area contributed by atoms with E-state index in [1.165, 1.54) is 44.4 Å². The fourth-order valence-electron chi connectivity index (χ4n) is 2.45. The zero-order valence-corrected chi connectivity index (χ0v) is 11.6. The molecule has 0 radical (unpaired) electrons. The number of aliphatic hydroxyl groups is 1. The molecule has 1 aliphatic carbocycles. The second kappa shape index (κ2) is 8.37. The molecule has 0 aliphatic heterocycles. The highest BCUT2D eigenvalue weighted by molar-refractivity contribution is 7.99. The number of nitrogens with one attached hydrogen (secondary N) is 1. The standard InChI is InChI=1S/C13H27NOS/c1-3-8-14-13-6-4-5-12(13)7-9-16-11(2)10-15/h11-15H,3-10H2,1-2H3. The van der Waals surface area contributed by atoms with Crippen LogP contribution in [0, 0.1) is 5.92 Å². The molecular weight excluding hydrogens is 218 g/mol. The molecule has 2 nitrogen and oxygen atoms in total. The third-order valence-electron chi connectivity index (χ3n) is 3.46. The normalized spacial score (nSPS) is 27.2. The van der Waals surface area contributed by atoms with Gasteiger partial charge in [0.15, 0.2) is 0 Å². The maximum absolute atomic E-state index is 8.96. The molecule has 0 spiro atoms. The Hall–Kier alpha value is 0.270. The molecule has 2 N–H and O–H groups in total. The van der Waals surface area contributed by atoms with Crippen molar-refractivity contribution in [3.8, 4) is 0 Å². The Morgan fingerprint density at radius 3 is 2.94 bits per heavy atom. The fraction of sp³-hybridized carbons (Fsp3) is 1.00. The average molecular weight is 245 g/mol. The van der Waals surface area contributed by atoms with E-state index in [9.17, 15) is 0 Å². The van der Waals surface area contributed by atoms with E-state index in [0.717, 1.165) is 12.0 Å². The molecule has 0 aromatic heterocycles. The Morgan fingerprint density at radius 2 is 2.25 bits per heavy atom. The summed E-state index contributed by atoms with van der Waals surface area (Å²) >= 11 is 1.91. The van der Waals surface area contributed by atoms with Gasteiger partial charge in [-0.2, -0.15) is 11.8 Å². The molecule has 1 rings (SSSR count). The van der Waals surface area contributed by atoms with Gasteiger partial charge in [-0.25, -0.2) is 0 Å². The Kier molecular flexibility index (Phi) is 7.50. The van der Waals surface area contributed by atoms with E-state index in [4.69, 9.17) is 5.11 Å². The molecule has 1 aliphatic rings. The molecule has 3 unspecified atom stereocenters. The Labute approximate surface area is 105 Å². The number of aliphatic hydroxyl groups excluding tert-OH is 1. The largest absolute Gasteiger partial charge is 0.395 e. The van der Waals surface area contributed by atoms with Crippen molar-refractivity contribution >= 4 is 11.8 Å². The summed E-state index contributed by atoms with van der Waals surface area (Å²) < 4.78 is 0. The van der Waals surface area contributed by atoms with E-state index in [-0.39, 0.29) is 0 Å². The van der Waals surface area contributed by atoms with Crippen LogP contribution < -0.4 is 5.32 Å². The van der Waals surface area contributed by atoms with E-state index in [1.54, 1.807) is 0 Å². The zero-order valence-electron chi connectivity index (χ0n) is 10.7. The Bertz CT molecular complexity index is 177. The number of rotatable bonds is 8. The van der Waals surface area contributed by atoms with Crippen LogP contribution in [0.2, 0.25) is 0 Å². The predicted octanol–water partition coefficient (Wildman–Crippen LogP) is 2.66. The summed E-state index contributed by atoms with van der Waals surface area (Å²) in [6.45, 7) is 5.82. The molecule has 0 aromatic carbocycles. The van der Waals surface area contributed by atoms with Crippen molar-refractivity contribution in [1.29, 1.82) is 0 Å². The molecule has 0 amide bonds. The van der Waals surface area contributed by atoms with Gasteiger partial charge in [-0.05, 0) is 43.9 Å². The summed E-state index contributed by atoms with van der Waals surface area (Å²) in [5.41, 5.74) is 0. The lowest BCUT2D eigenvalue weighted by Gasteiger charge is -2.21. The first kappa shape index (κ1) is 14.3. The van der Waals surface area contributed by atoms with E-state index in [1.807, 2.05) is 11.8 Å². The summed E-state index contributed by atoms with van der Waals surface area (Å²) in [5, 5.41) is 13.0. The zero-order chi connectivity index (χ0) is 11.8. The molecule has 0 aromatic rings. The van der Waals surface area contributed by atoms with Gasteiger partial charge in [-0.15, -0.1) is 0 Å². The molecule has 1 saturated carbocycles. The summed E-state index contributed by atoms with van der Waals surface area (Å²) in [5.74, 6) is 2.08. The minimum absolute atomic E-state index is 0.312. The Morgan fingerprint density at radius 1 is 1.44 bits per heavy atom.